The molecule has 0 atom stereocenters. The fourth-order valence-corrected chi connectivity index (χ4v) is 3.57. The smallest absolute Gasteiger partial charge is 0.340 e. The third kappa shape index (κ3) is 2.40. The molecule has 3 nitrogen and oxygen atoms in total. The zero-order valence-corrected chi connectivity index (χ0v) is 14.3. The molecule has 1 aliphatic rings. The first-order chi connectivity index (χ1) is 12.2. The Morgan fingerprint density at radius 2 is 1.68 bits per heavy atom. The Balaban J connectivity index is 2.09. The van der Waals surface area contributed by atoms with Crippen molar-refractivity contribution in [3.05, 3.63) is 77.9 Å². The van der Waals surface area contributed by atoms with Crippen LogP contribution in [0.15, 0.2) is 66.7 Å². The van der Waals surface area contributed by atoms with Gasteiger partial charge in [0.2, 0.25) is 0 Å². The molecule has 0 unspecified atom stereocenters. The van der Waals surface area contributed by atoms with E-state index < -0.39 is 0 Å². The molecule has 0 saturated heterocycles. The monoisotopic (exact) mass is 329 g/mol. The summed E-state index contributed by atoms with van der Waals surface area (Å²) in [5, 5.41) is 2.21. The third-order valence-electron chi connectivity index (χ3n) is 4.61. The first-order valence-electron chi connectivity index (χ1n) is 8.45. The molecule has 0 amide bonds. The fraction of sp³-hybridized carbons (Fsp3) is 0.136. The highest BCUT2D eigenvalue weighted by atomic mass is 16.5. The Hall–Kier alpha value is -3.07. The van der Waals surface area contributed by atoms with E-state index in [4.69, 9.17) is 4.74 Å². The molecule has 0 aromatic heterocycles. The van der Waals surface area contributed by atoms with Gasteiger partial charge in [-0.1, -0.05) is 60.7 Å². The first kappa shape index (κ1) is 15.5. The number of hydrogen-bond acceptors (Lipinski definition) is 3. The standard InChI is InChI=1S/C22H19NO2/c1-3-25-22(24)20-17-13-7-11-15-12-8-14-18(19(15)17)23(2)21(20)16-9-5-4-6-10-16/h4-14H,3H2,1-2H3. The lowest BCUT2D eigenvalue weighted by atomic mass is 9.89. The molecule has 1 aliphatic heterocycles. The lowest BCUT2D eigenvalue weighted by molar-refractivity contribution is -0.136. The molecule has 3 heteroatoms. The summed E-state index contributed by atoms with van der Waals surface area (Å²) < 4.78 is 5.40. The van der Waals surface area contributed by atoms with E-state index in [2.05, 4.69) is 29.2 Å². The summed E-state index contributed by atoms with van der Waals surface area (Å²) in [6.07, 6.45) is 0. The predicted molar refractivity (Wildman–Crippen MR) is 102 cm³/mol. The second-order valence-corrected chi connectivity index (χ2v) is 6.05. The Bertz CT molecular complexity index is 984. The lowest BCUT2D eigenvalue weighted by Crippen LogP contribution is -2.24. The van der Waals surface area contributed by atoms with Crippen molar-refractivity contribution in [3.8, 4) is 0 Å². The Morgan fingerprint density at radius 1 is 0.960 bits per heavy atom. The van der Waals surface area contributed by atoms with Gasteiger partial charge < -0.3 is 9.64 Å². The van der Waals surface area contributed by atoms with Crippen LogP contribution in [-0.4, -0.2) is 19.6 Å². The number of anilines is 1. The SMILES string of the molecule is CCOC(=O)C1=C(c2ccccc2)N(C)c2cccc3cccc1c23. The Morgan fingerprint density at radius 3 is 2.40 bits per heavy atom. The van der Waals surface area contributed by atoms with Crippen LogP contribution in [0.5, 0.6) is 0 Å². The van der Waals surface area contributed by atoms with Gasteiger partial charge in [0.25, 0.3) is 0 Å². The summed E-state index contributed by atoms with van der Waals surface area (Å²) in [7, 11) is 2.01. The average molecular weight is 329 g/mol. The Kier molecular flexibility index (Phi) is 3.77. The van der Waals surface area contributed by atoms with Crippen molar-refractivity contribution in [2.24, 2.45) is 0 Å². The zero-order chi connectivity index (χ0) is 17.4. The molecule has 0 N–H and O–H groups in total. The van der Waals surface area contributed by atoms with Gasteiger partial charge >= 0.3 is 5.97 Å². The van der Waals surface area contributed by atoms with E-state index in [1.54, 1.807) is 0 Å². The summed E-state index contributed by atoms with van der Waals surface area (Å²) in [5.74, 6) is -0.282. The maximum atomic E-state index is 12.9. The number of nitrogens with zero attached hydrogens (tertiary/aromatic N) is 1. The molecule has 0 aliphatic carbocycles. The molecule has 3 aromatic rings. The fourth-order valence-electron chi connectivity index (χ4n) is 3.57. The highest BCUT2D eigenvalue weighted by Gasteiger charge is 2.30. The van der Waals surface area contributed by atoms with Crippen molar-refractivity contribution < 1.29 is 9.53 Å². The molecular weight excluding hydrogens is 310 g/mol. The largest absolute Gasteiger partial charge is 0.462 e. The highest BCUT2D eigenvalue weighted by Crippen LogP contribution is 2.44. The third-order valence-corrected chi connectivity index (χ3v) is 4.61. The van der Waals surface area contributed by atoms with E-state index in [0.29, 0.717) is 12.2 Å². The lowest BCUT2D eigenvalue weighted by Gasteiger charge is -2.32. The second kappa shape index (κ2) is 6.10. The van der Waals surface area contributed by atoms with E-state index in [1.165, 1.54) is 0 Å². The summed E-state index contributed by atoms with van der Waals surface area (Å²) in [5.41, 5.74) is 4.54. The van der Waals surface area contributed by atoms with Crippen LogP contribution in [0, 0.1) is 0 Å². The number of rotatable bonds is 3. The Labute approximate surface area is 147 Å². The normalized spacial score (nSPS) is 13.3. The van der Waals surface area contributed by atoms with Crippen LogP contribution >= 0.6 is 0 Å². The minimum Gasteiger partial charge on any atom is -0.462 e. The predicted octanol–water partition coefficient (Wildman–Crippen LogP) is 4.72. The van der Waals surface area contributed by atoms with Gasteiger partial charge in [-0.3, -0.25) is 0 Å². The average Bonchev–Trinajstić information content (AvgIpc) is 2.65. The van der Waals surface area contributed by atoms with Crippen molar-refractivity contribution >= 4 is 33.7 Å². The van der Waals surface area contributed by atoms with Gasteiger partial charge in [0.15, 0.2) is 0 Å². The van der Waals surface area contributed by atoms with E-state index in [9.17, 15) is 4.79 Å². The maximum Gasteiger partial charge on any atom is 0.340 e. The quantitative estimate of drug-likeness (QED) is 0.651. The van der Waals surface area contributed by atoms with Crippen molar-refractivity contribution in [2.45, 2.75) is 6.92 Å². The van der Waals surface area contributed by atoms with Crippen molar-refractivity contribution in [1.29, 1.82) is 0 Å². The van der Waals surface area contributed by atoms with Gasteiger partial charge in [-0.15, -0.1) is 0 Å². The summed E-state index contributed by atoms with van der Waals surface area (Å²) in [6, 6.07) is 22.3. The number of hydrogen-bond donors (Lipinski definition) is 0. The topological polar surface area (TPSA) is 29.5 Å². The molecule has 3 aromatic carbocycles. The minimum absolute atomic E-state index is 0.282. The van der Waals surface area contributed by atoms with Gasteiger partial charge in [0.1, 0.15) is 0 Å². The molecule has 0 fully saturated rings. The molecule has 25 heavy (non-hydrogen) atoms. The summed E-state index contributed by atoms with van der Waals surface area (Å²) in [6.45, 7) is 2.19. The van der Waals surface area contributed by atoms with E-state index >= 15 is 0 Å². The van der Waals surface area contributed by atoms with Gasteiger partial charge in [0, 0.05) is 23.7 Å². The van der Waals surface area contributed by atoms with Crippen LogP contribution in [0.25, 0.3) is 22.0 Å². The van der Waals surface area contributed by atoms with Crippen molar-refractivity contribution in [2.75, 3.05) is 18.6 Å². The van der Waals surface area contributed by atoms with Crippen LogP contribution in [0.3, 0.4) is 0 Å². The molecule has 0 bridgehead atoms. The highest BCUT2D eigenvalue weighted by molar-refractivity contribution is 6.32. The molecule has 0 saturated carbocycles. The molecule has 0 radical (unpaired) electrons. The number of carbonyl (C=O) groups is 1. The molecular formula is C22H19NO2. The number of benzene rings is 3. The van der Waals surface area contributed by atoms with Gasteiger partial charge in [0.05, 0.1) is 17.9 Å². The van der Waals surface area contributed by atoms with Gasteiger partial charge in [-0.05, 0) is 23.9 Å². The second-order valence-electron chi connectivity index (χ2n) is 6.05. The number of carbonyl (C=O) groups excluding carboxylic acids is 1. The minimum atomic E-state index is -0.282. The number of esters is 1. The van der Waals surface area contributed by atoms with Gasteiger partial charge in [-0.25, -0.2) is 4.79 Å². The zero-order valence-electron chi connectivity index (χ0n) is 14.3. The summed E-state index contributed by atoms with van der Waals surface area (Å²) >= 11 is 0. The van der Waals surface area contributed by atoms with Crippen LogP contribution in [-0.2, 0) is 9.53 Å². The van der Waals surface area contributed by atoms with E-state index in [0.717, 1.165) is 33.3 Å². The van der Waals surface area contributed by atoms with Crippen molar-refractivity contribution in [1.82, 2.24) is 0 Å². The maximum absolute atomic E-state index is 12.9. The van der Waals surface area contributed by atoms with E-state index in [-0.39, 0.29) is 5.97 Å². The van der Waals surface area contributed by atoms with Crippen LogP contribution in [0.1, 0.15) is 18.1 Å². The first-order valence-corrected chi connectivity index (χ1v) is 8.45. The van der Waals surface area contributed by atoms with Gasteiger partial charge in [-0.2, -0.15) is 0 Å². The van der Waals surface area contributed by atoms with Crippen LogP contribution < -0.4 is 4.90 Å². The molecule has 124 valence electrons. The van der Waals surface area contributed by atoms with E-state index in [1.807, 2.05) is 56.4 Å². The van der Waals surface area contributed by atoms with Crippen molar-refractivity contribution in [3.63, 3.8) is 0 Å². The van der Waals surface area contributed by atoms with Crippen LogP contribution in [0.2, 0.25) is 0 Å². The summed E-state index contributed by atoms with van der Waals surface area (Å²) in [4.78, 5) is 15.0. The molecule has 4 rings (SSSR count). The number of ether oxygens (including phenoxy) is 1. The molecule has 0 spiro atoms. The molecule has 1 heterocycles. The van der Waals surface area contributed by atoms with Crippen LogP contribution in [0.4, 0.5) is 5.69 Å².